The number of nitrogens with zero attached hydrogens (tertiary/aromatic N) is 3. The fourth-order valence-corrected chi connectivity index (χ4v) is 2.98. The van der Waals surface area contributed by atoms with E-state index in [1.165, 1.54) is 4.90 Å². The lowest BCUT2D eigenvalue weighted by molar-refractivity contribution is -0.137. The van der Waals surface area contributed by atoms with Crippen molar-refractivity contribution in [3.8, 4) is 17.1 Å². The highest BCUT2D eigenvalue weighted by Gasteiger charge is 2.22. The van der Waals surface area contributed by atoms with Gasteiger partial charge in [0.05, 0.1) is 6.54 Å². The number of hydrogen-bond acceptors (Lipinski definition) is 5. The SMILES string of the molecule is Cc1cc(C)c(C)c(OC(C)C(=O)N(C)Cc2nc(-c3ccccc3)no2)c1. The molecule has 0 radical (unpaired) electrons. The van der Waals surface area contributed by atoms with Crippen molar-refractivity contribution >= 4 is 5.91 Å². The highest BCUT2D eigenvalue weighted by atomic mass is 16.5. The predicted octanol–water partition coefficient (Wildman–Crippen LogP) is 4.09. The van der Waals surface area contributed by atoms with Gasteiger partial charge in [0.25, 0.3) is 5.91 Å². The molecule has 1 aromatic heterocycles. The number of likely N-dealkylation sites (N-methyl/N-ethyl adjacent to an activating group) is 1. The third kappa shape index (κ3) is 4.39. The zero-order chi connectivity index (χ0) is 20.3. The fraction of sp³-hybridized carbons (Fsp3) is 0.318. The normalized spacial score (nSPS) is 11.9. The molecule has 1 amide bonds. The van der Waals surface area contributed by atoms with Gasteiger partial charge in [-0.25, -0.2) is 0 Å². The van der Waals surface area contributed by atoms with Gasteiger partial charge in [-0.15, -0.1) is 0 Å². The topological polar surface area (TPSA) is 68.5 Å². The quantitative estimate of drug-likeness (QED) is 0.645. The van der Waals surface area contributed by atoms with Crippen LogP contribution in [-0.2, 0) is 11.3 Å². The van der Waals surface area contributed by atoms with Crippen LogP contribution in [0.25, 0.3) is 11.4 Å². The van der Waals surface area contributed by atoms with E-state index < -0.39 is 6.10 Å². The monoisotopic (exact) mass is 379 g/mol. The van der Waals surface area contributed by atoms with Crippen LogP contribution in [0.1, 0.15) is 29.5 Å². The van der Waals surface area contributed by atoms with Gasteiger partial charge in [0, 0.05) is 12.6 Å². The van der Waals surface area contributed by atoms with Crippen LogP contribution in [0, 0.1) is 20.8 Å². The van der Waals surface area contributed by atoms with E-state index in [0.29, 0.717) is 11.7 Å². The Bertz CT molecular complexity index is 966. The molecule has 2 aromatic carbocycles. The summed E-state index contributed by atoms with van der Waals surface area (Å²) in [5.74, 6) is 1.46. The zero-order valence-electron chi connectivity index (χ0n) is 16.9. The van der Waals surface area contributed by atoms with Crippen LogP contribution >= 0.6 is 0 Å². The average molecular weight is 379 g/mol. The molecule has 1 atom stereocenters. The maximum atomic E-state index is 12.7. The third-order valence-electron chi connectivity index (χ3n) is 4.66. The van der Waals surface area contributed by atoms with E-state index in [4.69, 9.17) is 9.26 Å². The van der Waals surface area contributed by atoms with Crippen molar-refractivity contribution < 1.29 is 14.1 Å². The van der Waals surface area contributed by atoms with Gasteiger partial charge in [-0.2, -0.15) is 4.98 Å². The first-order valence-electron chi connectivity index (χ1n) is 9.22. The highest BCUT2D eigenvalue weighted by Crippen LogP contribution is 2.24. The summed E-state index contributed by atoms with van der Waals surface area (Å²) in [6, 6.07) is 13.6. The standard InChI is InChI=1S/C22H25N3O3/c1-14-11-15(2)16(3)19(12-14)27-17(4)22(26)25(5)13-20-23-21(24-28-20)18-9-7-6-8-10-18/h6-12,17H,13H2,1-5H3. The Balaban J connectivity index is 1.65. The van der Waals surface area contributed by atoms with Crippen LogP contribution in [0.4, 0.5) is 0 Å². The van der Waals surface area contributed by atoms with E-state index in [1.54, 1.807) is 14.0 Å². The highest BCUT2D eigenvalue weighted by molar-refractivity contribution is 5.80. The van der Waals surface area contributed by atoms with E-state index in [2.05, 4.69) is 16.2 Å². The Morgan fingerprint density at radius 1 is 1.18 bits per heavy atom. The molecule has 1 unspecified atom stereocenters. The summed E-state index contributed by atoms with van der Waals surface area (Å²) in [6.45, 7) is 8.01. The predicted molar refractivity (Wildman–Crippen MR) is 107 cm³/mol. The number of benzene rings is 2. The van der Waals surface area contributed by atoms with Crippen molar-refractivity contribution in [2.75, 3.05) is 7.05 Å². The molecule has 28 heavy (non-hydrogen) atoms. The number of ether oxygens (including phenoxy) is 1. The summed E-state index contributed by atoms with van der Waals surface area (Å²) < 4.78 is 11.2. The van der Waals surface area contributed by atoms with Crippen molar-refractivity contribution in [2.45, 2.75) is 40.3 Å². The van der Waals surface area contributed by atoms with E-state index in [9.17, 15) is 4.79 Å². The first kappa shape index (κ1) is 19.6. The van der Waals surface area contributed by atoms with E-state index in [1.807, 2.05) is 57.2 Å². The summed E-state index contributed by atoms with van der Waals surface area (Å²) in [7, 11) is 1.70. The molecular weight excluding hydrogens is 354 g/mol. The van der Waals surface area contributed by atoms with Crippen molar-refractivity contribution in [2.24, 2.45) is 0 Å². The molecule has 0 aliphatic heterocycles. The number of aryl methyl sites for hydroxylation is 2. The average Bonchev–Trinajstić information content (AvgIpc) is 3.14. The maximum Gasteiger partial charge on any atom is 0.263 e. The lowest BCUT2D eigenvalue weighted by atomic mass is 10.1. The number of carbonyl (C=O) groups excluding carboxylic acids is 1. The molecule has 6 heteroatoms. The smallest absolute Gasteiger partial charge is 0.263 e. The zero-order valence-corrected chi connectivity index (χ0v) is 16.9. The Morgan fingerprint density at radius 3 is 2.61 bits per heavy atom. The van der Waals surface area contributed by atoms with Gasteiger partial charge in [-0.05, 0) is 50.5 Å². The summed E-state index contributed by atoms with van der Waals surface area (Å²) in [5, 5.41) is 3.99. The number of carbonyl (C=O) groups is 1. The summed E-state index contributed by atoms with van der Waals surface area (Å²) in [5.41, 5.74) is 4.15. The van der Waals surface area contributed by atoms with E-state index in [0.717, 1.165) is 28.0 Å². The Morgan fingerprint density at radius 2 is 1.89 bits per heavy atom. The van der Waals surface area contributed by atoms with Crippen LogP contribution in [0.3, 0.4) is 0 Å². The molecule has 1 heterocycles. The number of hydrogen-bond donors (Lipinski definition) is 0. The molecule has 3 rings (SSSR count). The van der Waals surface area contributed by atoms with Crippen molar-refractivity contribution in [1.82, 2.24) is 15.0 Å². The second kappa shape index (κ2) is 8.25. The van der Waals surface area contributed by atoms with E-state index >= 15 is 0 Å². The van der Waals surface area contributed by atoms with Crippen LogP contribution in [0.2, 0.25) is 0 Å². The number of rotatable bonds is 6. The molecule has 0 N–H and O–H groups in total. The number of amides is 1. The van der Waals surface area contributed by atoms with Gasteiger partial charge in [0.15, 0.2) is 6.10 Å². The van der Waals surface area contributed by atoms with E-state index in [-0.39, 0.29) is 12.5 Å². The van der Waals surface area contributed by atoms with Gasteiger partial charge in [-0.1, -0.05) is 41.6 Å². The molecule has 0 aliphatic carbocycles. The summed E-state index contributed by atoms with van der Waals surface area (Å²) >= 11 is 0. The van der Waals surface area contributed by atoms with Gasteiger partial charge < -0.3 is 14.2 Å². The summed E-state index contributed by atoms with van der Waals surface area (Å²) in [6.07, 6.45) is -0.624. The minimum Gasteiger partial charge on any atom is -0.481 e. The second-order valence-corrected chi connectivity index (χ2v) is 7.04. The first-order chi connectivity index (χ1) is 13.3. The molecule has 146 valence electrons. The Hall–Kier alpha value is -3.15. The lowest BCUT2D eigenvalue weighted by Crippen LogP contribution is -2.37. The molecule has 6 nitrogen and oxygen atoms in total. The molecule has 0 fully saturated rings. The van der Waals surface area contributed by atoms with Crippen molar-refractivity contribution in [1.29, 1.82) is 0 Å². The largest absolute Gasteiger partial charge is 0.481 e. The van der Waals surface area contributed by atoms with Crippen molar-refractivity contribution in [3.63, 3.8) is 0 Å². The molecule has 0 saturated carbocycles. The lowest BCUT2D eigenvalue weighted by Gasteiger charge is -2.22. The Labute approximate surface area is 165 Å². The van der Waals surface area contributed by atoms with Crippen LogP contribution in [0.5, 0.6) is 5.75 Å². The summed E-state index contributed by atoms with van der Waals surface area (Å²) in [4.78, 5) is 18.6. The van der Waals surface area contributed by atoms with Crippen LogP contribution in [-0.4, -0.2) is 34.1 Å². The van der Waals surface area contributed by atoms with Gasteiger partial charge >= 0.3 is 0 Å². The third-order valence-corrected chi connectivity index (χ3v) is 4.66. The minimum atomic E-state index is -0.624. The van der Waals surface area contributed by atoms with Gasteiger partial charge in [0.2, 0.25) is 11.7 Å². The van der Waals surface area contributed by atoms with Gasteiger partial charge in [0.1, 0.15) is 5.75 Å². The van der Waals surface area contributed by atoms with Crippen LogP contribution in [0.15, 0.2) is 47.0 Å². The molecule has 0 spiro atoms. The molecule has 0 aliphatic rings. The van der Waals surface area contributed by atoms with Crippen LogP contribution < -0.4 is 4.74 Å². The fourth-order valence-electron chi connectivity index (χ4n) is 2.98. The number of aromatic nitrogens is 2. The first-order valence-corrected chi connectivity index (χ1v) is 9.22. The molecule has 0 bridgehead atoms. The van der Waals surface area contributed by atoms with Crippen molar-refractivity contribution in [3.05, 3.63) is 65.0 Å². The second-order valence-electron chi connectivity index (χ2n) is 7.04. The maximum absolute atomic E-state index is 12.7. The van der Waals surface area contributed by atoms with Gasteiger partial charge in [-0.3, -0.25) is 4.79 Å². The Kier molecular flexibility index (Phi) is 5.78. The molecular formula is C22H25N3O3. The minimum absolute atomic E-state index is 0.155. The molecule has 3 aromatic rings. The molecule has 0 saturated heterocycles.